The number of hydrogen-bond acceptors (Lipinski definition) is 4. The van der Waals surface area contributed by atoms with Gasteiger partial charge in [-0.1, -0.05) is 12.1 Å². The van der Waals surface area contributed by atoms with Gasteiger partial charge in [0.25, 0.3) is 0 Å². The van der Waals surface area contributed by atoms with E-state index in [1.807, 2.05) is 6.92 Å². The van der Waals surface area contributed by atoms with Crippen LogP contribution in [0.1, 0.15) is 42.3 Å². The number of hydrogen-bond donors (Lipinski definition) is 2. The number of aromatic nitrogens is 2. The number of nitrogens with one attached hydrogen (secondary N) is 2. The second-order valence-electron chi connectivity index (χ2n) is 8.28. The van der Waals surface area contributed by atoms with Crippen LogP contribution in [-0.4, -0.2) is 48.7 Å². The van der Waals surface area contributed by atoms with Crippen molar-refractivity contribution in [2.45, 2.75) is 53.6 Å². The van der Waals surface area contributed by atoms with Crippen molar-refractivity contribution in [3.63, 3.8) is 0 Å². The Balaban J connectivity index is 0.00000363. The number of guanidine groups is 1. The molecule has 1 aromatic heterocycles. The van der Waals surface area contributed by atoms with E-state index in [9.17, 15) is 0 Å². The summed E-state index contributed by atoms with van der Waals surface area (Å²) in [7, 11) is 0. The standard InChI is InChI=1S/C24H37N5O2.HI/c1-5-25-24(26-10-6-11-29-20(4)14-19(3)28-29)27-15-22-8-7-18(2)13-23(22)31-17-21-9-12-30-16-21;/h7-8,13-14,21H,5-6,9-12,15-17H2,1-4H3,(H2,25,26,27);1H. The largest absolute Gasteiger partial charge is 0.493 e. The zero-order valence-electron chi connectivity index (χ0n) is 19.8. The molecule has 1 unspecified atom stereocenters. The van der Waals surface area contributed by atoms with E-state index in [1.54, 1.807) is 0 Å². The molecule has 1 aliphatic heterocycles. The van der Waals surface area contributed by atoms with Gasteiger partial charge in [-0.05, 0) is 58.2 Å². The normalized spacial score (nSPS) is 16.0. The number of benzene rings is 1. The van der Waals surface area contributed by atoms with Crippen LogP contribution >= 0.6 is 24.0 Å². The first-order valence-electron chi connectivity index (χ1n) is 11.4. The summed E-state index contributed by atoms with van der Waals surface area (Å²) < 4.78 is 13.7. The third-order valence-electron chi connectivity index (χ3n) is 5.42. The van der Waals surface area contributed by atoms with Gasteiger partial charge >= 0.3 is 0 Å². The van der Waals surface area contributed by atoms with Crippen LogP contribution in [0.4, 0.5) is 0 Å². The summed E-state index contributed by atoms with van der Waals surface area (Å²) in [5, 5.41) is 11.3. The fourth-order valence-corrected chi connectivity index (χ4v) is 3.69. The highest BCUT2D eigenvalue weighted by Gasteiger charge is 2.17. The van der Waals surface area contributed by atoms with Crippen LogP contribution in [0.15, 0.2) is 29.3 Å². The van der Waals surface area contributed by atoms with E-state index in [4.69, 9.17) is 14.5 Å². The first-order chi connectivity index (χ1) is 15.0. The van der Waals surface area contributed by atoms with Gasteiger partial charge in [-0.25, -0.2) is 4.99 Å². The molecular formula is C24H38IN5O2. The van der Waals surface area contributed by atoms with Crippen molar-refractivity contribution in [2.75, 3.05) is 32.9 Å². The molecule has 1 saturated heterocycles. The Bertz CT molecular complexity index is 862. The Morgan fingerprint density at radius 1 is 1.25 bits per heavy atom. The van der Waals surface area contributed by atoms with Gasteiger partial charge in [0.2, 0.25) is 0 Å². The van der Waals surface area contributed by atoms with E-state index in [-0.39, 0.29) is 24.0 Å². The Labute approximate surface area is 209 Å². The third kappa shape index (κ3) is 8.27. The molecule has 0 aliphatic carbocycles. The molecule has 1 fully saturated rings. The topological polar surface area (TPSA) is 72.7 Å². The molecular weight excluding hydrogens is 517 g/mol. The van der Waals surface area contributed by atoms with Crippen molar-refractivity contribution < 1.29 is 9.47 Å². The van der Waals surface area contributed by atoms with Gasteiger partial charge in [-0.2, -0.15) is 5.10 Å². The van der Waals surface area contributed by atoms with Crippen molar-refractivity contribution in [3.8, 4) is 5.75 Å². The minimum absolute atomic E-state index is 0. The number of nitrogens with zero attached hydrogens (tertiary/aromatic N) is 3. The van der Waals surface area contributed by atoms with E-state index in [1.165, 1.54) is 11.3 Å². The summed E-state index contributed by atoms with van der Waals surface area (Å²) in [6.07, 6.45) is 2.06. The maximum absolute atomic E-state index is 6.16. The summed E-state index contributed by atoms with van der Waals surface area (Å²) in [4.78, 5) is 4.79. The molecule has 178 valence electrons. The van der Waals surface area contributed by atoms with Crippen LogP contribution in [0.25, 0.3) is 0 Å². The van der Waals surface area contributed by atoms with Gasteiger partial charge in [0, 0.05) is 43.4 Å². The fourth-order valence-electron chi connectivity index (χ4n) is 3.69. The summed E-state index contributed by atoms with van der Waals surface area (Å²) in [6, 6.07) is 8.45. The molecule has 2 aromatic rings. The lowest BCUT2D eigenvalue weighted by atomic mass is 10.1. The van der Waals surface area contributed by atoms with E-state index in [0.29, 0.717) is 19.1 Å². The second kappa shape index (κ2) is 13.7. The van der Waals surface area contributed by atoms with Crippen molar-refractivity contribution in [1.82, 2.24) is 20.4 Å². The highest BCUT2D eigenvalue weighted by atomic mass is 127. The number of ether oxygens (including phenoxy) is 2. The maximum atomic E-state index is 6.16. The van der Waals surface area contributed by atoms with Gasteiger partial charge in [-0.3, -0.25) is 4.68 Å². The van der Waals surface area contributed by atoms with Crippen molar-refractivity contribution in [3.05, 3.63) is 46.8 Å². The molecule has 7 nitrogen and oxygen atoms in total. The Kier molecular flexibility index (Phi) is 11.3. The van der Waals surface area contributed by atoms with Gasteiger partial charge in [0.05, 0.1) is 25.5 Å². The molecule has 3 rings (SSSR count). The first kappa shape index (κ1) is 26.4. The first-order valence-corrected chi connectivity index (χ1v) is 11.4. The molecule has 0 saturated carbocycles. The third-order valence-corrected chi connectivity index (χ3v) is 5.42. The van der Waals surface area contributed by atoms with Crippen molar-refractivity contribution in [1.29, 1.82) is 0 Å². The average molecular weight is 556 g/mol. The SMILES string of the molecule is CCNC(=NCc1ccc(C)cc1OCC1CCOC1)NCCCn1nc(C)cc1C.I. The Morgan fingerprint density at radius 2 is 2.09 bits per heavy atom. The predicted octanol–water partition coefficient (Wildman–Crippen LogP) is 3.99. The molecule has 8 heteroatoms. The van der Waals surface area contributed by atoms with Crippen LogP contribution in [0, 0.1) is 26.7 Å². The fraction of sp³-hybridized carbons (Fsp3) is 0.583. The number of aliphatic imine (C=N–C) groups is 1. The minimum Gasteiger partial charge on any atom is -0.493 e. The van der Waals surface area contributed by atoms with Crippen molar-refractivity contribution in [2.24, 2.45) is 10.9 Å². The molecule has 2 heterocycles. The summed E-state index contributed by atoms with van der Waals surface area (Å²) in [5.74, 6) is 2.24. The lowest BCUT2D eigenvalue weighted by molar-refractivity contribution is 0.166. The number of halogens is 1. The van der Waals surface area contributed by atoms with Crippen LogP contribution < -0.4 is 15.4 Å². The van der Waals surface area contributed by atoms with Gasteiger partial charge in [-0.15, -0.1) is 24.0 Å². The minimum atomic E-state index is 0. The maximum Gasteiger partial charge on any atom is 0.191 e. The number of rotatable bonds is 10. The highest BCUT2D eigenvalue weighted by Crippen LogP contribution is 2.23. The molecule has 1 aliphatic rings. The Morgan fingerprint density at radius 3 is 2.78 bits per heavy atom. The molecule has 0 radical (unpaired) electrons. The van der Waals surface area contributed by atoms with Gasteiger partial charge in [0.15, 0.2) is 5.96 Å². The van der Waals surface area contributed by atoms with Gasteiger partial charge in [0.1, 0.15) is 5.75 Å². The van der Waals surface area contributed by atoms with Gasteiger partial charge < -0.3 is 20.1 Å². The lowest BCUT2D eigenvalue weighted by Crippen LogP contribution is -2.38. The highest BCUT2D eigenvalue weighted by molar-refractivity contribution is 14.0. The smallest absolute Gasteiger partial charge is 0.191 e. The molecule has 1 atom stereocenters. The lowest BCUT2D eigenvalue weighted by Gasteiger charge is -2.15. The summed E-state index contributed by atoms with van der Waals surface area (Å²) in [6.45, 7) is 13.8. The van der Waals surface area contributed by atoms with E-state index in [0.717, 1.165) is 68.7 Å². The summed E-state index contributed by atoms with van der Waals surface area (Å²) >= 11 is 0. The Hall–Kier alpha value is -1.81. The van der Waals surface area contributed by atoms with Crippen LogP contribution in [0.2, 0.25) is 0 Å². The van der Waals surface area contributed by atoms with E-state index >= 15 is 0 Å². The van der Waals surface area contributed by atoms with Crippen molar-refractivity contribution >= 4 is 29.9 Å². The second-order valence-corrected chi connectivity index (χ2v) is 8.28. The molecule has 0 bridgehead atoms. The zero-order valence-corrected chi connectivity index (χ0v) is 22.1. The molecule has 0 spiro atoms. The quantitative estimate of drug-likeness (QED) is 0.201. The monoisotopic (exact) mass is 555 g/mol. The van der Waals surface area contributed by atoms with Crippen LogP contribution in [0.3, 0.4) is 0 Å². The molecule has 1 aromatic carbocycles. The molecule has 32 heavy (non-hydrogen) atoms. The zero-order chi connectivity index (χ0) is 22.1. The van der Waals surface area contributed by atoms with E-state index < -0.39 is 0 Å². The molecule has 2 N–H and O–H groups in total. The van der Waals surface area contributed by atoms with Crippen LogP contribution in [-0.2, 0) is 17.8 Å². The molecule has 0 amide bonds. The van der Waals surface area contributed by atoms with Crippen LogP contribution in [0.5, 0.6) is 5.75 Å². The summed E-state index contributed by atoms with van der Waals surface area (Å²) in [5.41, 5.74) is 4.56. The predicted molar refractivity (Wildman–Crippen MR) is 140 cm³/mol. The van der Waals surface area contributed by atoms with E-state index in [2.05, 4.69) is 65.5 Å². The number of aryl methyl sites for hydroxylation is 4. The average Bonchev–Trinajstić information content (AvgIpc) is 3.37.